The number of methoxy groups -OCH3 is 1. The van der Waals surface area contributed by atoms with Crippen molar-refractivity contribution in [2.45, 2.75) is 0 Å². The molecule has 0 aliphatic rings. The predicted molar refractivity (Wildman–Crippen MR) is 55.8 cm³/mol. The molecule has 0 atom stereocenters. The molecular formula is C10H8BrFO2. The molecule has 0 aliphatic carbocycles. The van der Waals surface area contributed by atoms with Gasteiger partial charge in [0.25, 0.3) is 0 Å². The average Bonchev–Trinajstić information content (AvgIpc) is 2.15. The molecule has 0 radical (unpaired) electrons. The Morgan fingerprint density at radius 3 is 2.79 bits per heavy atom. The third-order valence-electron chi connectivity index (χ3n) is 1.62. The Labute approximate surface area is 89.5 Å². The lowest BCUT2D eigenvalue weighted by atomic mass is 10.2. The van der Waals surface area contributed by atoms with Crippen LogP contribution in [0.5, 0.6) is 5.75 Å². The van der Waals surface area contributed by atoms with Gasteiger partial charge >= 0.3 is 0 Å². The molecule has 1 aromatic carbocycles. The lowest BCUT2D eigenvalue weighted by Gasteiger charge is -2.06. The van der Waals surface area contributed by atoms with Crippen LogP contribution in [0, 0.1) is 5.82 Å². The molecule has 0 N–H and O–H groups in total. The minimum absolute atomic E-state index is 0.266. The number of carbonyl (C=O) groups is 1. The summed E-state index contributed by atoms with van der Waals surface area (Å²) in [4.78, 5) is 10.1. The summed E-state index contributed by atoms with van der Waals surface area (Å²) in [7, 11) is 1.44. The number of allylic oxidation sites excluding steroid dienone is 1. The van der Waals surface area contributed by atoms with E-state index in [1.807, 2.05) is 0 Å². The first-order valence-electron chi connectivity index (χ1n) is 3.84. The number of carbonyl (C=O) groups excluding carboxylic acids is 1. The summed E-state index contributed by atoms with van der Waals surface area (Å²) in [6.45, 7) is 0. The van der Waals surface area contributed by atoms with E-state index in [4.69, 9.17) is 4.74 Å². The summed E-state index contributed by atoms with van der Waals surface area (Å²) < 4.78 is 18.9. The molecule has 0 aliphatic heterocycles. The van der Waals surface area contributed by atoms with Crippen LogP contribution < -0.4 is 4.74 Å². The number of ether oxygens (including phenoxy) is 1. The first kappa shape index (κ1) is 10.9. The Balaban J connectivity index is 3.24. The molecule has 0 heterocycles. The molecular weight excluding hydrogens is 251 g/mol. The summed E-state index contributed by atoms with van der Waals surface area (Å²) in [5, 5.41) is 0. The van der Waals surface area contributed by atoms with Gasteiger partial charge in [0.05, 0.1) is 12.7 Å². The third-order valence-corrected chi connectivity index (χ3v) is 2.08. The first-order valence-corrected chi connectivity index (χ1v) is 4.63. The molecule has 0 spiro atoms. The van der Waals surface area contributed by atoms with Gasteiger partial charge in [0.2, 0.25) is 0 Å². The number of hydrogen-bond acceptors (Lipinski definition) is 2. The fourth-order valence-corrected chi connectivity index (χ4v) is 1.44. The maximum Gasteiger partial charge on any atom is 0.142 e. The van der Waals surface area contributed by atoms with Crippen LogP contribution in [0.4, 0.5) is 4.39 Å². The Bertz CT molecular complexity index is 375. The second-order valence-electron chi connectivity index (χ2n) is 2.50. The van der Waals surface area contributed by atoms with Gasteiger partial charge in [-0.05, 0) is 24.3 Å². The van der Waals surface area contributed by atoms with Crippen molar-refractivity contribution >= 4 is 28.3 Å². The quantitative estimate of drug-likeness (QED) is 0.616. The highest BCUT2D eigenvalue weighted by molar-refractivity contribution is 9.10. The van der Waals surface area contributed by atoms with Crippen molar-refractivity contribution in [2.75, 3.05) is 7.11 Å². The van der Waals surface area contributed by atoms with E-state index in [9.17, 15) is 9.18 Å². The van der Waals surface area contributed by atoms with Crippen molar-refractivity contribution in [1.29, 1.82) is 0 Å². The Kier molecular flexibility index (Phi) is 3.83. The van der Waals surface area contributed by atoms with Crippen molar-refractivity contribution in [3.8, 4) is 5.75 Å². The highest BCUT2D eigenvalue weighted by atomic mass is 79.9. The standard InChI is InChI=1S/C10H8BrFO2/c1-14-10-6-7(11)5-9(12)8(10)3-2-4-13/h2-6H,1H3/b3-2+. The summed E-state index contributed by atoms with van der Waals surface area (Å²) >= 11 is 3.14. The normalized spacial score (nSPS) is 10.5. The van der Waals surface area contributed by atoms with Gasteiger partial charge in [-0.15, -0.1) is 0 Å². The topological polar surface area (TPSA) is 26.3 Å². The monoisotopic (exact) mass is 258 g/mol. The molecule has 0 bridgehead atoms. The molecule has 0 unspecified atom stereocenters. The molecule has 0 saturated heterocycles. The second-order valence-corrected chi connectivity index (χ2v) is 3.41. The van der Waals surface area contributed by atoms with Crippen LogP contribution in [0.3, 0.4) is 0 Å². The van der Waals surface area contributed by atoms with Crippen LogP contribution in [-0.4, -0.2) is 13.4 Å². The van der Waals surface area contributed by atoms with Crippen LogP contribution in [0.25, 0.3) is 6.08 Å². The van der Waals surface area contributed by atoms with E-state index in [1.54, 1.807) is 6.07 Å². The predicted octanol–water partition coefficient (Wildman–Crippen LogP) is 2.81. The number of halogens is 2. The molecule has 14 heavy (non-hydrogen) atoms. The van der Waals surface area contributed by atoms with Crippen molar-refractivity contribution in [3.05, 3.63) is 34.1 Å². The maximum atomic E-state index is 13.3. The minimum atomic E-state index is -0.436. The second kappa shape index (κ2) is 4.91. The van der Waals surface area contributed by atoms with Crippen LogP contribution >= 0.6 is 15.9 Å². The molecule has 0 aromatic heterocycles. The van der Waals surface area contributed by atoms with Crippen LogP contribution in [0.1, 0.15) is 5.56 Å². The molecule has 1 aromatic rings. The van der Waals surface area contributed by atoms with Crippen LogP contribution in [0.2, 0.25) is 0 Å². The van der Waals surface area contributed by atoms with Crippen molar-refractivity contribution < 1.29 is 13.9 Å². The number of aldehydes is 1. The Morgan fingerprint density at radius 2 is 2.21 bits per heavy atom. The average molecular weight is 259 g/mol. The van der Waals surface area contributed by atoms with E-state index in [0.29, 0.717) is 16.5 Å². The number of hydrogen-bond donors (Lipinski definition) is 0. The van der Waals surface area contributed by atoms with E-state index in [1.165, 1.54) is 25.3 Å². The molecule has 74 valence electrons. The van der Waals surface area contributed by atoms with E-state index >= 15 is 0 Å². The Hall–Kier alpha value is -1.16. The zero-order chi connectivity index (χ0) is 10.6. The van der Waals surface area contributed by atoms with E-state index in [0.717, 1.165) is 0 Å². The van der Waals surface area contributed by atoms with Gasteiger partial charge in [-0.3, -0.25) is 4.79 Å². The highest BCUT2D eigenvalue weighted by Gasteiger charge is 2.07. The van der Waals surface area contributed by atoms with Crippen molar-refractivity contribution in [2.24, 2.45) is 0 Å². The maximum absolute atomic E-state index is 13.3. The summed E-state index contributed by atoms with van der Waals surface area (Å²) in [6.07, 6.45) is 3.17. The first-order chi connectivity index (χ1) is 6.69. The van der Waals surface area contributed by atoms with Gasteiger partial charge in [-0.1, -0.05) is 15.9 Å². The van der Waals surface area contributed by atoms with Gasteiger partial charge in [-0.2, -0.15) is 0 Å². The van der Waals surface area contributed by atoms with Crippen molar-refractivity contribution in [1.82, 2.24) is 0 Å². The highest BCUT2D eigenvalue weighted by Crippen LogP contribution is 2.27. The molecule has 2 nitrogen and oxygen atoms in total. The third kappa shape index (κ3) is 2.42. The molecule has 0 saturated carbocycles. The number of benzene rings is 1. The van der Waals surface area contributed by atoms with Crippen molar-refractivity contribution in [3.63, 3.8) is 0 Å². The van der Waals surface area contributed by atoms with Crippen LogP contribution in [-0.2, 0) is 4.79 Å². The van der Waals surface area contributed by atoms with Crippen LogP contribution in [0.15, 0.2) is 22.7 Å². The fourth-order valence-electron chi connectivity index (χ4n) is 1.03. The van der Waals surface area contributed by atoms with Gasteiger partial charge in [0.15, 0.2) is 0 Å². The molecule has 0 fully saturated rings. The number of rotatable bonds is 3. The van der Waals surface area contributed by atoms with Gasteiger partial charge in [0.1, 0.15) is 17.9 Å². The summed E-state index contributed by atoms with van der Waals surface area (Å²) in [6, 6.07) is 2.94. The largest absolute Gasteiger partial charge is 0.496 e. The lowest BCUT2D eigenvalue weighted by Crippen LogP contribution is -1.91. The SMILES string of the molecule is COc1cc(Br)cc(F)c1/C=C/C=O. The molecule has 1 rings (SSSR count). The van der Waals surface area contributed by atoms with E-state index in [-0.39, 0.29) is 5.56 Å². The summed E-state index contributed by atoms with van der Waals surface area (Å²) in [5.74, 6) is -0.0516. The van der Waals surface area contributed by atoms with Gasteiger partial charge in [0, 0.05) is 4.47 Å². The summed E-state index contributed by atoms with van der Waals surface area (Å²) in [5.41, 5.74) is 0.266. The zero-order valence-corrected chi connectivity index (χ0v) is 9.05. The molecule has 0 amide bonds. The Morgan fingerprint density at radius 1 is 1.50 bits per heavy atom. The van der Waals surface area contributed by atoms with E-state index < -0.39 is 5.82 Å². The van der Waals surface area contributed by atoms with E-state index in [2.05, 4.69) is 15.9 Å². The molecule has 4 heteroatoms. The van der Waals surface area contributed by atoms with Gasteiger partial charge in [-0.25, -0.2) is 4.39 Å². The van der Waals surface area contributed by atoms with Gasteiger partial charge < -0.3 is 4.74 Å². The smallest absolute Gasteiger partial charge is 0.142 e. The fraction of sp³-hybridized carbons (Fsp3) is 0.100. The zero-order valence-electron chi connectivity index (χ0n) is 7.46. The minimum Gasteiger partial charge on any atom is -0.496 e. The lowest BCUT2D eigenvalue weighted by molar-refractivity contribution is -0.104.